The fourth-order valence-electron chi connectivity index (χ4n) is 2.24. The quantitative estimate of drug-likeness (QED) is 0.804. The fourth-order valence-corrected chi connectivity index (χ4v) is 2.44. The second-order valence-electron chi connectivity index (χ2n) is 4.55. The van der Waals surface area contributed by atoms with Crippen LogP contribution in [-0.2, 0) is 6.54 Å². The fraction of sp³-hybridized carbons (Fsp3) is 0.500. The van der Waals surface area contributed by atoms with Crippen molar-refractivity contribution in [1.82, 2.24) is 4.90 Å². The zero-order valence-corrected chi connectivity index (χ0v) is 12.1. The normalized spacial score (nSPS) is 11.2. The van der Waals surface area contributed by atoms with E-state index in [-0.39, 0.29) is 5.82 Å². The highest BCUT2D eigenvalue weighted by atomic mass is 32.1. The molecule has 0 radical (unpaired) electrons. The molecule has 1 aromatic rings. The average molecular weight is 268 g/mol. The minimum atomic E-state index is -0.247. The molecule has 2 N–H and O–H groups in total. The first-order valence-electron chi connectivity index (χ1n) is 6.28. The first-order chi connectivity index (χ1) is 8.49. The molecule has 0 aliphatic heterocycles. The molecule has 0 heterocycles. The van der Waals surface area contributed by atoms with E-state index < -0.39 is 0 Å². The van der Waals surface area contributed by atoms with Gasteiger partial charge in [0.2, 0.25) is 0 Å². The van der Waals surface area contributed by atoms with Crippen molar-refractivity contribution in [2.75, 3.05) is 7.05 Å². The predicted molar refractivity (Wildman–Crippen MR) is 78.1 cm³/mol. The maximum Gasteiger partial charge on any atom is 0.123 e. The summed E-state index contributed by atoms with van der Waals surface area (Å²) in [5.41, 5.74) is 7.30. The van der Waals surface area contributed by atoms with Crippen LogP contribution in [0.15, 0.2) is 18.2 Å². The Morgan fingerprint density at radius 1 is 1.39 bits per heavy atom. The van der Waals surface area contributed by atoms with E-state index in [0.717, 1.165) is 24.0 Å². The first-order valence-corrected chi connectivity index (χ1v) is 6.68. The Morgan fingerprint density at radius 2 is 2.00 bits per heavy atom. The van der Waals surface area contributed by atoms with Gasteiger partial charge in [-0.1, -0.05) is 26.1 Å². The predicted octanol–water partition coefficient (Wildman–Crippen LogP) is 3.08. The van der Waals surface area contributed by atoms with Gasteiger partial charge in [0, 0.05) is 18.2 Å². The van der Waals surface area contributed by atoms with E-state index in [4.69, 9.17) is 18.0 Å². The molecule has 1 rings (SSSR count). The number of hydrogen-bond donors (Lipinski definition) is 1. The van der Waals surface area contributed by atoms with Crippen molar-refractivity contribution < 1.29 is 4.39 Å². The Hall–Kier alpha value is -1.00. The molecule has 2 nitrogen and oxygen atoms in total. The Bertz CT molecular complexity index is 416. The van der Waals surface area contributed by atoms with Crippen LogP contribution in [0.4, 0.5) is 4.39 Å². The largest absolute Gasteiger partial charge is 0.389 e. The number of hydrogen-bond acceptors (Lipinski definition) is 2. The van der Waals surface area contributed by atoms with Crippen LogP contribution in [0.2, 0.25) is 0 Å². The van der Waals surface area contributed by atoms with Gasteiger partial charge in [0.1, 0.15) is 10.8 Å². The standard InChI is InChI=1S/C14H21FN2S/c1-4-12(5-2)17(3)9-10-8-11(15)6-7-13(10)14(16)18/h6-8,12H,4-5,9H2,1-3H3,(H2,16,18). The van der Waals surface area contributed by atoms with Crippen molar-refractivity contribution >= 4 is 17.2 Å². The Kier molecular flexibility index (Phi) is 5.69. The minimum Gasteiger partial charge on any atom is -0.389 e. The van der Waals surface area contributed by atoms with Crippen molar-refractivity contribution in [3.63, 3.8) is 0 Å². The highest BCUT2D eigenvalue weighted by molar-refractivity contribution is 7.80. The second kappa shape index (κ2) is 6.81. The maximum absolute atomic E-state index is 13.3. The van der Waals surface area contributed by atoms with Gasteiger partial charge in [-0.05, 0) is 43.7 Å². The summed E-state index contributed by atoms with van der Waals surface area (Å²) in [6, 6.07) is 5.07. The second-order valence-corrected chi connectivity index (χ2v) is 4.99. The molecule has 0 bridgehead atoms. The monoisotopic (exact) mass is 268 g/mol. The zero-order chi connectivity index (χ0) is 13.7. The van der Waals surface area contributed by atoms with E-state index in [1.54, 1.807) is 6.07 Å². The van der Waals surface area contributed by atoms with Crippen LogP contribution < -0.4 is 5.73 Å². The van der Waals surface area contributed by atoms with E-state index in [9.17, 15) is 4.39 Å². The molecular formula is C14H21FN2S. The average Bonchev–Trinajstić information content (AvgIpc) is 2.30. The van der Waals surface area contributed by atoms with Crippen LogP contribution in [-0.4, -0.2) is 23.0 Å². The van der Waals surface area contributed by atoms with Crippen molar-refractivity contribution in [2.24, 2.45) is 5.73 Å². The summed E-state index contributed by atoms with van der Waals surface area (Å²) < 4.78 is 13.3. The van der Waals surface area contributed by atoms with Crippen molar-refractivity contribution in [1.29, 1.82) is 0 Å². The topological polar surface area (TPSA) is 29.3 Å². The van der Waals surface area contributed by atoms with Crippen LogP contribution in [0.1, 0.15) is 37.8 Å². The van der Waals surface area contributed by atoms with Crippen molar-refractivity contribution in [3.8, 4) is 0 Å². The Labute approximate surface area is 114 Å². The lowest BCUT2D eigenvalue weighted by Gasteiger charge is -2.26. The molecule has 0 saturated carbocycles. The molecule has 0 atom stereocenters. The van der Waals surface area contributed by atoms with Crippen molar-refractivity contribution in [2.45, 2.75) is 39.3 Å². The van der Waals surface area contributed by atoms with Gasteiger partial charge in [-0.15, -0.1) is 0 Å². The number of thiocarbonyl (C=S) groups is 1. The summed E-state index contributed by atoms with van der Waals surface area (Å²) in [4.78, 5) is 2.54. The molecule has 0 spiro atoms. The summed E-state index contributed by atoms with van der Waals surface area (Å²) >= 11 is 5.00. The highest BCUT2D eigenvalue weighted by Gasteiger charge is 2.14. The Morgan fingerprint density at radius 3 is 2.50 bits per heavy atom. The van der Waals surface area contributed by atoms with Crippen LogP contribution in [0.3, 0.4) is 0 Å². The molecule has 0 aliphatic rings. The molecule has 1 aromatic carbocycles. The van der Waals surface area contributed by atoms with Crippen LogP contribution >= 0.6 is 12.2 Å². The van der Waals surface area contributed by atoms with Crippen molar-refractivity contribution in [3.05, 3.63) is 35.1 Å². The Balaban J connectivity index is 2.95. The molecule has 0 amide bonds. The minimum absolute atomic E-state index is 0.247. The number of nitrogens with two attached hydrogens (primary N) is 1. The van der Waals surface area contributed by atoms with E-state index in [0.29, 0.717) is 17.6 Å². The smallest absolute Gasteiger partial charge is 0.123 e. The van der Waals surface area contributed by atoms with Crippen LogP contribution in [0, 0.1) is 5.82 Å². The molecule has 0 aromatic heterocycles. The lowest BCUT2D eigenvalue weighted by Crippen LogP contribution is -2.31. The molecule has 0 unspecified atom stereocenters. The molecule has 4 heteroatoms. The summed E-state index contributed by atoms with van der Waals surface area (Å²) in [5, 5.41) is 0. The van der Waals surface area contributed by atoms with Gasteiger partial charge in [0.15, 0.2) is 0 Å². The highest BCUT2D eigenvalue weighted by Crippen LogP contribution is 2.16. The lowest BCUT2D eigenvalue weighted by atomic mass is 10.0. The summed E-state index contributed by atoms with van der Waals surface area (Å²) in [7, 11) is 2.05. The number of nitrogens with zero attached hydrogens (tertiary/aromatic N) is 1. The summed E-state index contributed by atoms with van der Waals surface area (Å²) in [6.45, 7) is 4.98. The van der Waals surface area contributed by atoms with Gasteiger partial charge < -0.3 is 5.73 Å². The summed E-state index contributed by atoms with van der Waals surface area (Å²) in [6.07, 6.45) is 2.15. The van der Waals surface area contributed by atoms with Gasteiger partial charge in [0.25, 0.3) is 0 Å². The number of benzene rings is 1. The van der Waals surface area contributed by atoms with Gasteiger partial charge in [-0.3, -0.25) is 4.90 Å². The van der Waals surface area contributed by atoms with Gasteiger partial charge in [0.05, 0.1) is 0 Å². The van der Waals surface area contributed by atoms with Crippen LogP contribution in [0.25, 0.3) is 0 Å². The molecule has 0 aliphatic carbocycles. The molecule has 0 saturated heterocycles. The molecule has 0 fully saturated rings. The number of rotatable bonds is 6. The van der Waals surface area contributed by atoms with Crippen LogP contribution in [0.5, 0.6) is 0 Å². The first kappa shape index (κ1) is 15.1. The van der Waals surface area contributed by atoms with Gasteiger partial charge >= 0.3 is 0 Å². The molecular weight excluding hydrogens is 247 g/mol. The molecule has 100 valence electrons. The van der Waals surface area contributed by atoms with E-state index >= 15 is 0 Å². The third kappa shape index (κ3) is 3.75. The van der Waals surface area contributed by atoms with E-state index in [1.165, 1.54) is 12.1 Å². The van der Waals surface area contributed by atoms with E-state index in [1.807, 2.05) is 7.05 Å². The van der Waals surface area contributed by atoms with Gasteiger partial charge in [-0.2, -0.15) is 0 Å². The van der Waals surface area contributed by atoms with E-state index in [2.05, 4.69) is 18.7 Å². The lowest BCUT2D eigenvalue weighted by molar-refractivity contribution is 0.221. The third-order valence-corrected chi connectivity index (χ3v) is 3.54. The maximum atomic E-state index is 13.3. The molecule has 18 heavy (non-hydrogen) atoms. The third-order valence-electron chi connectivity index (χ3n) is 3.32. The zero-order valence-electron chi connectivity index (χ0n) is 11.2. The SMILES string of the molecule is CCC(CC)N(C)Cc1cc(F)ccc1C(N)=S. The summed E-state index contributed by atoms with van der Waals surface area (Å²) in [5.74, 6) is -0.247. The number of halogens is 1. The van der Waals surface area contributed by atoms with Gasteiger partial charge in [-0.25, -0.2) is 4.39 Å².